The summed E-state index contributed by atoms with van der Waals surface area (Å²) in [4.78, 5) is 12.1. The number of carbonyl (C=O) groups is 1. The third-order valence-corrected chi connectivity index (χ3v) is 2.94. The molecule has 1 aromatic rings. The van der Waals surface area contributed by atoms with Crippen LogP contribution in [0.15, 0.2) is 24.3 Å². The number of carbonyl (C=O) groups excluding carboxylic acids is 1. The summed E-state index contributed by atoms with van der Waals surface area (Å²) in [7, 11) is 1.40. The lowest BCUT2D eigenvalue weighted by Gasteiger charge is -2.19. The Morgan fingerprint density at radius 2 is 1.95 bits per heavy atom. The average Bonchev–Trinajstić information content (AvgIpc) is 2.37. The number of nitrogens with one attached hydrogen (secondary N) is 1. The Morgan fingerprint density at radius 1 is 1.37 bits per heavy atom. The highest BCUT2D eigenvalue weighted by Crippen LogP contribution is 2.15. The lowest BCUT2D eigenvalue weighted by molar-refractivity contribution is -0.141. The Hall–Kier alpha value is -1.62. The number of nitrogens with two attached hydrogens (primary N) is 1. The molecule has 104 valence electrons. The van der Waals surface area contributed by atoms with E-state index in [2.05, 4.69) is 19.2 Å². The Kier molecular flexibility index (Phi) is 5.76. The number of rotatable bonds is 6. The second-order valence-electron chi connectivity index (χ2n) is 4.79. The monoisotopic (exact) mass is 280 g/mol. The molecule has 1 aromatic carbocycles. The van der Waals surface area contributed by atoms with Gasteiger partial charge in [-0.15, -0.1) is 0 Å². The van der Waals surface area contributed by atoms with Crippen molar-refractivity contribution in [1.29, 1.82) is 0 Å². The number of esters is 1. The largest absolute Gasteiger partial charge is 0.467 e. The minimum atomic E-state index is -0.347. The number of hydrogen-bond acceptors (Lipinski definition) is 4. The molecule has 0 radical (unpaired) electrons. The molecule has 0 saturated carbocycles. The minimum absolute atomic E-state index is 0.257. The van der Waals surface area contributed by atoms with Crippen LogP contribution in [0.4, 0.5) is 5.69 Å². The molecule has 19 heavy (non-hydrogen) atoms. The van der Waals surface area contributed by atoms with Gasteiger partial charge in [-0.3, -0.25) is 0 Å². The van der Waals surface area contributed by atoms with Crippen LogP contribution in [0.3, 0.4) is 0 Å². The van der Waals surface area contributed by atoms with Gasteiger partial charge < -0.3 is 15.8 Å². The number of methoxy groups -OCH3 is 1. The third-order valence-electron chi connectivity index (χ3n) is 2.70. The molecule has 0 aliphatic rings. The molecule has 0 aromatic heterocycles. The fourth-order valence-corrected chi connectivity index (χ4v) is 1.90. The van der Waals surface area contributed by atoms with E-state index in [1.54, 1.807) is 0 Å². The van der Waals surface area contributed by atoms with Gasteiger partial charge in [-0.1, -0.05) is 26.1 Å². The maximum atomic E-state index is 11.7. The van der Waals surface area contributed by atoms with Crippen molar-refractivity contribution < 1.29 is 9.53 Å². The average molecular weight is 280 g/mol. The smallest absolute Gasteiger partial charge is 0.328 e. The van der Waals surface area contributed by atoms with Gasteiger partial charge in [-0.25, -0.2) is 4.79 Å². The maximum Gasteiger partial charge on any atom is 0.328 e. The van der Waals surface area contributed by atoms with Crippen molar-refractivity contribution in [2.24, 2.45) is 11.7 Å². The highest BCUT2D eigenvalue weighted by atomic mass is 32.1. The molecule has 1 atom stereocenters. The molecule has 5 heteroatoms. The van der Waals surface area contributed by atoms with Gasteiger partial charge in [0, 0.05) is 11.3 Å². The van der Waals surface area contributed by atoms with Crippen molar-refractivity contribution in [3.63, 3.8) is 0 Å². The summed E-state index contributed by atoms with van der Waals surface area (Å²) in [5, 5.41) is 3.17. The van der Waals surface area contributed by atoms with Crippen LogP contribution in [0.5, 0.6) is 0 Å². The van der Waals surface area contributed by atoms with Gasteiger partial charge in [0.25, 0.3) is 0 Å². The van der Waals surface area contributed by atoms with Gasteiger partial charge in [0.05, 0.1) is 7.11 Å². The molecule has 0 aliphatic heterocycles. The fourth-order valence-electron chi connectivity index (χ4n) is 1.76. The second-order valence-corrected chi connectivity index (χ2v) is 5.23. The van der Waals surface area contributed by atoms with Gasteiger partial charge in [0.2, 0.25) is 0 Å². The zero-order valence-electron chi connectivity index (χ0n) is 11.5. The first kappa shape index (κ1) is 15.4. The SMILES string of the molecule is COC(=O)C(CC(C)C)Nc1ccc(C(N)=S)cc1. The van der Waals surface area contributed by atoms with Crippen molar-refractivity contribution in [1.82, 2.24) is 0 Å². The van der Waals surface area contributed by atoms with Gasteiger partial charge in [-0.2, -0.15) is 0 Å². The Labute approximate surface area is 119 Å². The summed E-state index contributed by atoms with van der Waals surface area (Å²) in [6.45, 7) is 4.13. The van der Waals surface area contributed by atoms with Crippen LogP contribution >= 0.6 is 12.2 Å². The Bertz CT molecular complexity index is 443. The van der Waals surface area contributed by atoms with Crippen molar-refractivity contribution in [2.75, 3.05) is 12.4 Å². The molecule has 1 unspecified atom stereocenters. The maximum absolute atomic E-state index is 11.7. The first-order chi connectivity index (χ1) is 8.93. The van der Waals surface area contributed by atoms with Gasteiger partial charge in [-0.05, 0) is 36.6 Å². The van der Waals surface area contributed by atoms with Crippen LogP contribution in [0, 0.1) is 5.92 Å². The Balaban J connectivity index is 2.78. The molecule has 0 spiro atoms. The zero-order chi connectivity index (χ0) is 14.4. The van der Waals surface area contributed by atoms with E-state index in [0.29, 0.717) is 17.3 Å². The molecule has 4 nitrogen and oxygen atoms in total. The molecular weight excluding hydrogens is 260 g/mol. The lowest BCUT2D eigenvalue weighted by Crippen LogP contribution is -2.32. The van der Waals surface area contributed by atoms with E-state index in [4.69, 9.17) is 22.7 Å². The predicted octanol–water partition coefficient (Wildman–Crippen LogP) is 2.32. The summed E-state index contributed by atoms with van der Waals surface area (Å²) in [6, 6.07) is 7.01. The number of hydrogen-bond donors (Lipinski definition) is 2. The van der Waals surface area contributed by atoms with Crippen LogP contribution in [0.1, 0.15) is 25.8 Å². The van der Waals surface area contributed by atoms with Gasteiger partial charge in [0.15, 0.2) is 0 Å². The van der Waals surface area contributed by atoms with Crippen LogP contribution in [-0.4, -0.2) is 24.1 Å². The van der Waals surface area contributed by atoms with Crippen molar-refractivity contribution in [3.8, 4) is 0 Å². The summed E-state index contributed by atoms with van der Waals surface area (Å²) >= 11 is 4.89. The van der Waals surface area contributed by atoms with E-state index < -0.39 is 0 Å². The van der Waals surface area contributed by atoms with Crippen molar-refractivity contribution >= 4 is 28.9 Å². The first-order valence-electron chi connectivity index (χ1n) is 6.18. The zero-order valence-corrected chi connectivity index (χ0v) is 12.3. The van der Waals surface area contributed by atoms with Crippen LogP contribution in [-0.2, 0) is 9.53 Å². The lowest BCUT2D eigenvalue weighted by atomic mass is 10.0. The highest BCUT2D eigenvalue weighted by Gasteiger charge is 2.20. The molecular formula is C14H20N2O2S. The Morgan fingerprint density at radius 3 is 2.37 bits per heavy atom. The van der Waals surface area contributed by atoms with Crippen LogP contribution in [0.2, 0.25) is 0 Å². The summed E-state index contributed by atoms with van der Waals surface area (Å²) in [6.07, 6.45) is 0.712. The predicted molar refractivity (Wildman–Crippen MR) is 81.2 cm³/mol. The highest BCUT2D eigenvalue weighted by molar-refractivity contribution is 7.80. The summed E-state index contributed by atoms with van der Waals surface area (Å²) < 4.78 is 4.81. The van der Waals surface area contributed by atoms with E-state index in [9.17, 15) is 4.79 Å². The molecule has 0 amide bonds. The molecule has 0 heterocycles. The quantitative estimate of drug-likeness (QED) is 0.618. The number of ether oxygens (including phenoxy) is 1. The molecule has 3 N–H and O–H groups in total. The van der Waals surface area contributed by atoms with Crippen LogP contribution in [0.25, 0.3) is 0 Å². The van der Waals surface area contributed by atoms with Crippen LogP contribution < -0.4 is 11.1 Å². The fraction of sp³-hybridized carbons (Fsp3) is 0.429. The standard InChI is InChI=1S/C14H20N2O2S/c1-9(2)8-12(14(17)18-3)16-11-6-4-10(5-7-11)13(15)19/h4-7,9,12,16H,8H2,1-3H3,(H2,15,19). The van der Waals surface area contributed by atoms with E-state index >= 15 is 0 Å². The molecule has 1 rings (SSSR count). The van der Waals surface area contributed by atoms with Crippen molar-refractivity contribution in [2.45, 2.75) is 26.3 Å². The molecule has 0 saturated heterocycles. The van der Waals surface area contributed by atoms with E-state index in [0.717, 1.165) is 11.3 Å². The second kappa shape index (κ2) is 7.09. The number of thiocarbonyl (C=S) groups is 1. The molecule has 0 aliphatic carbocycles. The normalized spacial score (nSPS) is 12.0. The van der Waals surface area contributed by atoms with Gasteiger partial charge in [0.1, 0.15) is 11.0 Å². The van der Waals surface area contributed by atoms with E-state index in [1.165, 1.54) is 7.11 Å². The first-order valence-corrected chi connectivity index (χ1v) is 6.59. The minimum Gasteiger partial charge on any atom is -0.467 e. The van der Waals surface area contributed by atoms with E-state index in [1.807, 2.05) is 24.3 Å². The van der Waals surface area contributed by atoms with Gasteiger partial charge >= 0.3 is 5.97 Å². The number of anilines is 1. The third kappa shape index (κ3) is 4.87. The topological polar surface area (TPSA) is 64.3 Å². The molecule has 0 fully saturated rings. The summed E-state index contributed by atoms with van der Waals surface area (Å²) in [5.41, 5.74) is 7.19. The van der Waals surface area contributed by atoms with E-state index in [-0.39, 0.29) is 12.0 Å². The van der Waals surface area contributed by atoms with Crippen molar-refractivity contribution in [3.05, 3.63) is 29.8 Å². The molecule has 0 bridgehead atoms. The summed E-state index contributed by atoms with van der Waals surface area (Å²) in [5.74, 6) is 0.139. The number of benzene rings is 1.